The van der Waals surface area contributed by atoms with Gasteiger partial charge < -0.3 is 9.73 Å². The normalized spacial score (nSPS) is 17.4. The summed E-state index contributed by atoms with van der Waals surface area (Å²) in [5.74, 6) is 0.805. The Kier molecular flexibility index (Phi) is 3.24. The first-order valence-corrected chi connectivity index (χ1v) is 8.10. The molecule has 3 nitrogen and oxygen atoms in total. The van der Waals surface area contributed by atoms with Crippen LogP contribution < -0.4 is 5.32 Å². The van der Waals surface area contributed by atoms with Crippen LogP contribution in [0.1, 0.15) is 29.3 Å². The maximum atomic E-state index is 5.32. The van der Waals surface area contributed by atoms with Gasteiger partial charge in [-0.1, -0.05) is 0 Å². The molecular formula is C17H16N2OS. The van der Waals surface area contributed by atoms with Crippen molar-refractivity contribution in [2.24, 2.45) is 0 Å². The quantitative estimate of drug-likeness (QED) is 0.747. The van der Waals surface area contributed by atoms with Gasteiger partial charge in [-0.2, -0.15) is 0 Å². The molecule has 0 amide bonds. The molecule has 1 aliphatic rings. The van der Waals surface area contributed by atoms with Gasteiger partial charge in [0, 0.05) is 16.1 Å². The Morgan fingerprint density at radius 2 is 2.10 bits per heavy atom. The van der Waals surface area contributed by atoms with Crippen molar-refractivity contribution in [1.82, 2.24) is 4.98 Å². The third kappa shape index (κ3) is 2.47. The monoisotopic (exact) mass is 296 g/mol. The van der Waals surface area contributed by atoms with Crippen LogP contribution in [0.4, 0.5) is 5.69 Å². The molecule has 1 N–H and O–H groups in total. The van der Waals surface area contributed by atoms with Crippen LogP contribution in [-0.2, 0) is 6.42 Å². The van der Waals surface area contributed by atoms with E-state index in [4.69, 9.17) is 4.42 Å². The van der Waals surface area contributed by atoms with Crippen molar-refractivity contribution in [1.29, 1.82) is 0 Å². The van der Waals surface area contributed by atoms with Gasteiger partial charge in [-0.3, -0.25) is 0 Å². The molecule has 2 heterocycles. The Balaban J connectivity index is 1.54. The van der Waals surface area contributed by atoms with Crippen LogP contribution in [0, 0.1) is 0 Å². The molecule has 1 atom stereocenters. The molecular weight excluding hydrogens is 280 g/mol. The number of nitrogens with one attached hydrogen (secondary N) is 1. The Morgan fingerprint density at radius 3 is 2.90 bits per heavy atom. The van der Waals surface area contributed by atoms with E-state index in [0.717, 1.165) is 17.0 Å². The summed E-state index contributed by atoms with van der Waals surface area (Å²) < 4.78 is 5.32. The van der Waals surface area contributed by atoms with Gasteiger partial charge in [0.25, 0.3) is 0 Å². The maximum Gasteiger partial charge on any atom is 0.181 e. The van der Waals surface area contributed by atoms with E-state index in [1.54, 1.807) is 6.20 Å². The van der Waals surface area contributed by atoms with E-state index in [1.807, 2.05) is 11.3 Å². The number of aryl methyl sites for hydroxylation is 1. The molecule has 4 rings (SSSR count). The molecule has 0 fully saturated rings. The van der Waals surface area contributed by atoms with Crippen molar-refractivity contribution in [3.8, 4) is 11.3 Å². The Hall–Kier alpha value is -2.07. The molecule has 0 aliphatic heterocycles. The van der Waals surface area contributed by atoms with Crippen molar-refractivity contribution in [3.05, 3.63) is 58.7 Å². The zero-order chi connectivity index (χ0) is 14.1. The number of thiophene rings is 1. The third-order valence-corrected chi connectivity index (χ3v) is 4.99. The minimum Gasteiger partial charge on any atom is -0.444 e. The number of hydrogen-bond donors (Lipinski definition) is 1. The van der Waals surface area contributed by atoms with Crippen LogP contribution in [0.25, 0.3) is 11.3 Å². The zero-order valence-electron chi connectivity index (χ0n) is 11.6. The lowest BCUT2D eigenvalue weighted by atomic mass is 9.94. The fourth-order valence-corrected chi connectivity index (χ4v) is 3.91. The molecule has 106 valence electrons. The van der Waals surface area contributed by atoms with Crippen LogP contribution >= 0.6 is 11.3 Å². The predicted molar refractivity (Wildman–Crippen MR) is 85.6 cm³/mol. The van der Waals surface area contributed by atoms with E-state index in [0.29, 0.717) is 6.04 Å². The number of fused-ring (bicyclic) bond motifs is 1. The van der Waals surface area contributed by atoms with Crippen LogP contribution in [0.3, 0.4) is 0 Å². The zero-order valence-corrected chi connectivity index (χ0v) is 12.4. The number of benzene rings is 1. The molecule has 2 aromatic heterocycles. The second kappa shape index (κ2) is 5.37. The Bertz CT molecular complexity index is 716. The first-order chi connectivity index (χ1) is 10.4. The summed E-state index contributed by atoms with van der Waals surface area (Å²) >= 11 is 1.88. The summed E-state index contributed by atoms with van der Waals surface area (Å²) in [5, 5.41) is 5.86. The maximum absolute atomic E-state index is 5.32. The van der Waals surface area contributed by atoms with Crippen molar-refractivity contribution in [3.63, 3.8) is 0 Å². The van der Waals surface area contributed by atoms with Crippen LogP contribution in [0.15, 0.2) is 52.7 Å². The molecule has 1 unspecified atom stereocenters. The van der Waals surface area contributed by atoms with Crippen molar-refractivity contribution in [2.75, 3.05) is 5.32 Å². The lowest BCUT2D eigenvalue weighted by Gasteiger charge is -2.24. The number of hydrogen-bond acceptors (Lipinski definition) is 4. The number of aromatic nitrogens is 1. The van der Waals surface area contributed by atoms with Crippen molar-refractivity contribution in [2.45, 2.75) is 25.3 Å². The number of anilines is 1. The van der Waals surface area contributed by atoms with Gasteiger partial charge in [0.05, 0.1) is 12.2 Å². The minimum absolute atomic E-state index is 0.441. The largest absolute Gasteiger partial charge is 0.444 e. The molecule has 0 radical (unpaired) electrons. The van der Waals surface area contributed by atoms with E-state index in [1.165, 1.54) is 36.1 Å². The summed E-state index contributed by atoms with van der Waals surface area (Å²) in [5.41, 5.74) is 3.69. The smallest absolute Gasteiger partial charge is 0.181 e. The first-order valence-electron chi connectivity index (χ1n) is 7.22. The summed E-state index contributed by atoms with van der Waals surface area (Å²) in [4.78, 5) is 5.49. The SMILES string of the molecule is c1ncc(-c2ccc(NC3CCCc4sccc43)cc2)o1. The Labute approximate surface area is 127 Å². The molecule has 4 heteroatoms. The average molecular weight is 296 g/mol. The summed E-state index contributed by atoms with van der Waals surface area (Å²) in [6.45, 7) is 0. The highest BCUT2D eigenvalue weighted by molar-refractivity contribution is 7.10. The van der Waals surface area contributed by atoms with E-state index in [9.17, 15) is 0 Å². The fourth-order valence-electron chi connectivity index (χ4n) is 2.93. The van der Waals surface area contributed by atoms with E-state index < -0.39 is 0 Å². The molecule has 0 bridgehead atoms. The second-order valence-electron chi connectivity index (χ2n) is 5.33. The number of rotatable bonds is 3. The van der Waals surface area contributed by atoms with Crippen LogP contribution in [0.2, 0.25) is 0 Å². The van der Waals surface area contributed by atoms with Gasteiger partial charge in [-0.25, -0.2) is 4.98 Å². The second-order valence-corrected chi connectivity index (χ2v) is 6.33. The van der Waals surface area contributed by atoms with Crippen molar-refractivity contribution >= 4 is 17.0 Å². The van der Waals surface area contributed by atoms with Gasteiger partial charge in [0.1, 0.15) is 0 Å². The van der Waals surface area contributed by atoms with Crippen LogP contribution in [-0.4, -0.2) is 4.98 Å². The summed E-state index contributed by atoms with van der Waals surface area (Å²) in [7, 11) is 0. The molecule has 0 saturated carbocycles. The molecule has 3 aromatic rings. The topological polar surface area (TPSA) is 38.1 Å². The highest BCUT2D eigenvalue weighted by atomic mass is 32.1. The van der Waals surface area contributed by atoms with E-state index in [2.05, 4.69) is 46.0 Å². The van der Waals surface area contributed by atoms with Gasteiger partial charge in [-0.15, -0.1) is 11.3 Å². The lowest BCUT2D eigenvalue weighted by molar-refractivity contribution is 0.572. The number of nitrogens with zero attached hydrogens (tertiary/aromatic N) is 1. The van der Waals surface area contributed by atoms with E-state index in [-0.39, 0.29) is 0 Å². The van der Waals surface area contributed by atoms with Crippen LogP contribution in [0.5, 0.6) is 0 Å². The van der Waals surface area contributed by atoms with Crippen molar-refractivity contribution < 1.29 is 4.42 Å². The third-order valence-electron chi connectivity index (χ3n) is 3.99. The molecule has 21 heavy (non-hydrogen) atoms. The fraction of sp³-hybridized carbons (Fsp3) is 0.235. The summed E-state index contributed by atoms with van der Waals surface area (Å²) in [6, 6.07) is 11.1. The molecule has 0 saturated heterocycles. The molecule has 1 aromatic carbocycles. The number of oxazole rings is 1. The molecule has 0 spiro atoms. The predicted octanol–water partition coefficient (Wildman–Crippen LogP) is 4.89. The van der Waals surface area contributed by atoms with Gasteiger partial charge in [0.15, 0.2) is 12.2 Å². The highest BCUT2D eigenvalue weighted by Gasteiger charge is 2.20. The van der Waals surface area contributed by atoms with Gasteiger partial charge in [0.2, 0.25) is 0 Å². The minimum atomic E-state index is 0.441. The lowest BCUT2D eigenvalue weighted by Crippen LogP contribution is -2.15. The average Bonchev–Trinajstić information content (AvgIpc) is 3.20. The summed E-state index contributed by atoms with van der Waals surface area (Å²) in [6.07, 6.45) is 6.90. The highest BCUT2D eigenvalue weighted by Crippen LogP contribution is 2.35. The Morgan fingerprint density at radius 1 is 1.19 bits per heavy atom. The first kappa shape index (κ1) is 12.7. The van der Waals surface area contributed by atoms with Gasteiger partial charge >= 0.3 is 0 Å². The molecule has 1 aliphatic carbocycles. The standard InChI is InChI=1S/C17H16N2OS/c1-2-15(14-8-9-21-17(14)3-1)19-13-6-4-12(5-7-13)16-10-18-11-20-16/h4-11,15,19H,1-3H2. The van der Waals surface area contributed by atoms with Gasteiger partial charge in [-0.05, 0) is 60.5 Å². The van der Waals surface area contributed by atoms with E-state index >= 15 is 0 Å².